The topological polar surface area (TPSA) is 85.3 Å². The maximum Gasteiger partial charge on any atom is 0.343 e. The van der Waals surface area contributed by atoms with Crippen molar-refractivity contribution in [2.75, 3.05) is 0 Å². The van der Waals surface area contributed by atoms with Crippen LogP contribution in [0, 0.1) is 18.3 Å². The number of fused-ring (bicyclic) bond motifs is 1. The van der Waals surface area contributed by atoms with Gasteiger partial charge in [-0.15, -0.1) is 0 Å². The molecule has 0 aromatic heterocycles. The van der Waals surface area contributed by atoms with Gasteiger partial charge in [-0.25, -0.2) is 4.79 Å². The van der Waals surface area contributed by atoms with E-state index in [1.54, 1.807) is 24.3 Å². The molecule has 1 atom stereocenters. The third-order valence-electron chi connectivity index (χ3n) is 5.38. The second-order valence-electron chi connectivity index (χ2n) is 7.48. The Bertz CT molecular complexity index is 1220. The minimum absolute atomic E-state index is 0.0572. The van der Waals surface area contributed by atoms with Crippen LogP contribution in [-0.4, -0.2) is 5.97 Å². The molecular formula is C26H22N2O3. The van der Waals surface area contributed by atoms with Crippen molar-refractivity contribution in [3.8, 4) is 17.6 Å². The molecule has 31 heavy (non-hydrogen) atoms. The molecule has 1 heterocycles. The molecule has 3 aromatic carbocycles. The van der Waals surface area contributed by atoms with E-state index < -0.39 is 5.97 Å². The highest BCUT2D eigenvalue weighted by atomic mass is 16.5. The number of allylic oxidation sites excluding steroid dienone is 1. The molecule has 0 aliphatic carbocycles. The van der Waals surface area contributed by atoms with E-state index in [0.29, 0.717) is 22.6 Å². The molecule has 154 valence electrons. The Morgan fingerprint density at radius 3 is 2.58 bits per heavy atom. The second kappa shape index (κ2) is 8.37. The van der Waals surface area contributed by atoms with Crippen LogP contribution in [0.3, 0.4) is 0 Å². The molecule has 5 nitrogen and oxygen atoms in total. The van der Waals surface area contributed by atoms with E-state index in [1.165, 1.54) is 5.56 Å². The number of hydrogen-bond acceptors (Lipinski definition) is 5. The number of nitrogens with two attached hydrogens (primary N) is 1. The second-order valence-corrected chi connectivity index (χ2v) is 7.48. The number of hydrogen-bond donors (Lipinski definition) is 1. The van der Waals surface area contributed by atoms with Gasteiger partial charge in [-0.3, -0.25) is 0 Å². The lowest BCUT2D eigenvalue weighted by atomic mass is 9.83. The number of nitrogens with zero attached hydrogens (tertiary/aromatic N) is 1. The van der Waals surface area contributed by atoms with Gasteiger partial charge >= 0.3 is 5.97 Å². The smallest absolute Gasteiger partial charge is 0.343 e. The zero-order chi connectivity index (χ0) is 22.0. The van der Waals surface area contributed by atoms with Gasteiger partial charge in [0.05, 0.1) is 11.5 Å². The molecule has 1 unspecified atom stereocenters. The molecule has 0 saturated carbocycles. The fraction of sp³-hybridized carbons (Fsp3) is 0.154. The van der Waals surface area contributed by atoms with Gasteiger partial charge in [0.2, 0.25) is 5.88 Å². The summed E-state index contributed by atoms with van der Waals surface area (Å²) in [5.74, 6) is 0.0736. The van der Waals surface area contributed by atoms with Crippen LogP contribution in [-0.2, 0) is 6.42 Å². The summed E-state index contributed by atoms with van der Waals surface area (Å²) < 4.78 is 11.3. The summed E-state index contributed by atoms with van der Waals surface area (Å²) in [6.45, 7) is 4.01. The minimum atomic E-state index is -0.451. The summed E-state index contributed by atoms with van der Waals surface area (Å²) >= 11 is 0. The SMILES string of the molecule is CCc1ccc(C2C(C#N)=C(N)Oc3cc(OC(=O)c4cccc(C)c4)ccc32)cc1. The molecule has 0 saturated heterocycles. The highest BCUT2D eigenvalue weighted by Crippen LogP contribution is 2.43. The summed E-state index contributed by atoms with van der Waals surface area (Å²) in [6, 6.07) is 22.7. The molecule has 5 heteroatoms. The maximum absolute atomic E-state index is 12.5. The predicted molar refractivity (Wildman–Crippen MR) is 118 cm³/mol. The summed E-state index contributed by atoms with van der Waals surface area (Å²) in [6.07, 6.45) is 0.934. The molecule has 0 bridgehead atoms. The average Bonchev–Trinajstić information content (AvgIpc) is 2.78. The Morgan fingerprint density at radius 1 is 1.13 bits per heavy atom. The van der Waals surface area contributed by atoms with Crippen molar-refractivity contribution in [2.24, 2.45) is 5.73 Å². The lowest BCUT2D eigenvalue weighted by Crippen LogP contribution is -2.21. The highest BCUT2D eigenvalue weighted by Gasteiger charge is 2.31. The Hall–Kier alpha value is -4.04. The third kappa shape index (κ3) is 4.01. The van der Waals surface area contributed by atoms with Gasteiger partial charge in [0.1, 0.15) is 23.1 Å². The lowest BCUT2D eigenvalue weighted by Gasteiger charge is -2.26. The van der Waals surface area contributed by atoms with E-state index in [9.17, 15) is 10.1 Å². The number of carbonyl (C=O) groups excluding carboxylic acids is 1. The summed E-state index contributed by atoms with van der Waals surface area (Å²) in [4.78, 5) is 12.5. The Kier molecular flexibility index (Phi) is 5.46. The van der Waals surface area contributed by atoms with Crippen LogP contribution in [0.5, 0.6) is 11.5 Å². The van der Waals surface area contributed by atoms with Crippen molar-refractivity contribution < 1.29 is 14.3 Å². The number of aryl methyl sites for hydroxylation is 2. The van der Waals surface area contributed by atoms with Crippen LogP contribution in [0.4, 0.5) is 0 Å². The number of benzene rings is 3. The van der Waals surface area contributed by atoms with E-state index in [4.69, 9.17) is 15.2 Å². The first-order valence-electron chi connectivity index (χ1n) is 10.1. The lowest BCUT2D eigenvalue weighted by molar-refractivity contribution is 0.0734. The Labute approximate surface area is 181 Å². The number of carbonyl (C=O) groups is 1. The first kappa shape index (κ1) is 20.2. The molecule has 1 aliphatic rings. The molecule has 1 aliphatic heterocycles. The van der Waals surface area contributed by atoms with Gasteiger partial charge in [0.15, 0.2) is 0 Å². The van der Waals surface area contributed by atoms with Crippen molar-refractivity contribution in [3.63, 3.8) is 0 Å². The monoisotopic (exact) mass is 410 g/mol. The highest BCUT2D eigenvalue weighted by molar-refractivity contribution is 5.91. The summed E-state index contributed by atoms with van der Waals surface area (Å²) in [5, 5.41) is 9.70. The van der Waals surface area contributed by atoms with Gasteiger partial charge in [-0.1, -0.05) is 55.0 Å². The molecule has 0 fully saturated rings. The minimum Gasteiger partial charge on any atom is -0.440 e. The standard InChI is InChI=1S/C26H22N2O3/c1-3-17-7-9-18(10-8-17)24-21-12-11-20(14-23(21)31-25(28)22(24)15-27)30-26(29)19-6-4-5-16(2)13-19/h4-14,24H,3,28H2,1-2H3. The van der Waals surface area contributed by atoms with E-state index in [2.05, 4.69) is 13.0 Å². The fourth-order valence-electron chi connectivity index (χ4n) is 3.73. The number of rotatable bonds is 4. The van der Waals surface area contributed by atoms with Crippen molar-refractivity contribution in [1.29, 1.82) is 5.26 Å². The van der Waals surface area contributed by atoms with E-state index in [-0.39, 0.29) is 11.8 Å². The zero-order valence-electron chi connectivity index (χ0n) is 17.4. The number of ether oxygens (including phenoxy) is 2. The van der Waals surface area contributed by atoms with Crippen LogP contribution in [0.2, 0.25) is 0 Å². The molecule has 0 spiro atoms. The Balaban J connectivity index is 1.68. The van der Waals surface area contributed by atoms with Crippen molar-refractivity contribution in [2.45, 2.75) is 26.2 Å². The first-order chi connectivity index (χ1) is 15.0. The summed E-state index contributed by atoms with van der Waals surface area (Å²) in [5.41, 5.74) is 10.8. The van der Waals surface area contributed by atoms with E-state index >= 15 is 0 Å². The van der Waals surface area contributed by atoms with Gasteiger partial charge < -0.3 is 15.2 Å². The molecule has 4 rings (SSSR count). The fourth-order valence-corrected chi connectivity index (χ4v) is 3.73. The van der Waals surface area contributed by atoms with Crippen LogP contribution < -0.4 is 15.2 Å². The van der Waals surface area contributed by atoms with E-state index in [0.717, 1.165) is 23.1 Å². The third-order valence-corrected chi connectivity index (χ3v) is 5.38. The number of esters is 1. The van der Waals surface area contributed by atoms with Gasteiger partial charge in [-0.2, -0.15) is 5.26 Å². The van der Waals surface area contributed by atoms with Crippen molar-refractivity contribution >= 4 is 5.97 Å². The zero-order valence-corrected chi connectivity index (χ0v) is 17.4. The Morgan fingerprint density at radius 2 is 1.90 bits per heavy atom. The van der Waals surface area contributed by atoms with Crippen molar-refractivity contribution in [3.05, 3.63) is 106 Å². The van der Waals surface area contributed by atoms with Gasteiger partial charge in [0, 0.05) is 11.6 Å². The van der Waals surface area contributed by atoms with E-state index in [1.807, 2.05) is 49.4 Å². The van der Waals surface area contributed by atoms with Gasteiger partial charge in [0.25, 0.3) is 0 Å². The normalized spacial score (nSPS) is 14.9. The average molecular weight is 410 g/mol. The largest absolute Gasteiger partial charge is 0.440 e. The molecule has 0 radical (unpaired) electrons. The van der Waals surface area contributed by atoms with Crippen LogP contribution in [0.1, 0.15) is 45.5 Å². The van der Waals surface area contributed by atoms with Crippen LogP contribution in [0.25, 0.3) is 0 Å². The maximum atomic E-state index is 12.5. The van der Waals surface area contributed by atoms with Crippen LogP contribution >= 0.6 is 0 Å². The predicted octanol–water partition coefficient (Wildman–Crippen LogP) is 4.99. The quantitative estimate of drug-likeness (QED) is 0.483. The van der Waals surface area contributed by atoms with Gasteiger partial charge in [-0.05, 0) is 42.7 Å². The molecule has 2 N–H and O–H groups in total. The van der Waals surface area contributed by atoms with Crippen LogP contribution in [0.15, 0.2) is 78.2 Å². The first-order valence-corrected chi connectivity index (χ1v) is 10.1. The molecular weight excluding hydrogens is 388 g/mol. The molecule has 3 aromatic rings. The number of nitriles is 1. The molecule has 0 amide bonds. The summed E-state index contributed by atoms with van der Waals surface area (Å²) in [7, 11) is 0. The van der Waals surface area contributed by atoms with Crippen molar-refractivity contribution in [1.82, 2.24) is 0 Å².